The lowest BCUT2D eigenvalue weighted by atomic mass is 9.95. The molecule has 1 saturated carbocycles. The van der Waals surface area contributed by atoms with Crippen molar-refractivity contribution >= 4 is 41.2 Å². The molecule has 9 nitrogen and oxygen atoms in total. The molecule has 2 aromatic rings. The Kier molecular flexibility index (Phi) is 9.28. The molecular formula is C24H27ClN4O5. The number of rotatable bonds is 8. The van der Waals surface area contributed by atoms with Gasteiger partial charge in [-0.1, -0.05) is 30.9 Å². The van der Waals surface area contributed by atoms with Gasteiger partial charge in [-0.15, -0.1) is 0 Å². The number of hydrogen-bond donors (Lipinski definition) is 3. The van der Waals surface area contributed by atoms with Crippen LogP contribution in [0.25, 0.3) is 0 Å². The molecule has 180 valence electrons. The summed E-state index contributed by atoms with van der Waals surface area (Å²) in [5.74, 6) is -0.971. The van der Waals surface area contributed by atoms with Crippen LogP contribution in [0.5, 0.6) is 11.5 Å². The van der Waals surface area contributed by atoms with Crippen molar-refractivity contribution in [2.24, 2.45) is 5.10 Å². The topological polar surface area (TPSA) is 118 Å². The van der Waals surface area contributed by atoms with Gasteiger partial charge >= 0.3 is 11.8 Å². The summed E-state index contributed by atoms with van der Waals surface area (Å²) in [6.07, 6.45) is 6.96. The van der Waals surface area contributed by atoms with Crippen LogP contribution in [0.1, 0.15) is 37.7 Å². The Morgan fingerprint density at radius 1 is 1.06 bits per heavy atom. The first kappa shape index (κ1) is 25.0. The maximum atomic E-state index is 12.0. The fourth-order valence-electron chi connectivity index (χ4n) is 3.46. The molecule has 0 atom stereocenters. The number of hydrazone groups is 1. The van der Waals surface area contributed by atoms with Gasteiger partial charge in [0.15, 0.2) is 6.61 Å². The molecule has 0 spiro atoms. The lowest BCUT2D eigenvalue weighted by Gasteiger charge is -2.22. The monoisotopic (exact) mass is 486 g/mol. The molecule has 0 bridgehead atoms. The largest absolute Gasteiger partial charge is 0.495 e. The molecule has 1 aliphatic carbocycles. The number of hydrogen-bond acceptors (Lipinski definition) is 6. The van der Waals surface area contributed by atoms with Crippen molar-refractivity contribution in [2.45, 2.75) is 38.1 Å². The van der Waals surface area contributed by atoms with E-state index in [1.165, 1.54) is 25.8 Å². The lowest BCUT2D eigenvalue weighted by molar-refractivity contribution is -0.136. The Bertz CT molecular complexity index is 1040. The SMILES string of the molecule is COc1ccc(NC(=O)C(=O)N/N=C\c2ccc(OCC(=O)NC3CCCCC3)cc2)cc1Cl. The minimum absolute atomic E-state index is 0.0471. The standard InChI is InChI=1S/C24H27ClN4O5/c1-33-21-12-9-18(13-20(21)25)28-23(31)24(32)29-26-14-16-7-10-19(11-8-16)34-15-22(30)27-17-5-3-2-4-6-17/h7-14,17H,2-6,15H2,1H3,(H,27,30)(H,28,31)(H,29,32)/b26-14-. The normalized spacial score (nSPS) is 13.8. The fraction of sp³-hybridized carbons (Fsp3) is 0.333. The van der Waals surface area contributed by atoms with E-state index in [0.717, 1.165) is 25.7 Å². The minimum atomic E-state index is -0.938. The second-order valence-electron chi connectivity index (χ2n) is 7.76. The summed E-state index contributed by atoms with van der Waals surface area (Å²) in [6.45, 7) is -0.0471. The highest BCUT2D eigenvalue weighted by atomic mass is 35.5. The van der Waals surface area contributed by atoms with Crippen molar-refractivity contribution < 1.29 is 23.9 Å². The van der Waals surface area contributed by atoms with E-state index >= 15 is 0 Å². The van der Waals surface area contributed by atoms with Crippen molar-refractivity contribution in [1.29, 1.82) is 0 Å². The Morgan fingerprint density at radius 3 is 2.47 bits per heavy atom. The second kappa shape index (κ2) is 12.6. The third kappa shape index (κ3) is 7.77. The van der Waals surface area contributed by atoms with E-state index in [9.17, 15) is 14.4 Å². The van der Waals surface area contributed by atoms with Crippen LogP contribution in [0, 0.1) is 0 Å². The maximum absolute atomic E-state index is 12.0. The smallest absolute Gasteiger partial charge is 0.329 e. The van der Waals surface area contributed by atoms with Gasteiger partial charge in [-0.3, -0.25) is 14.4 Å². The number of methoxy groups -OCH3 is 1. The molecule has 2 aromatic carbocycles. The van der Waals surface area contributed by atoms with Gasteiger partial charge in [-0.25, -0.2) is 5.43 Å². The van der Waals surface area contributed by atoms with Crippen LogP contribution in [0.3, 0.4) is 0 Å². The van der Waals surface area contributed by atoms with Crippen LogP contribution in [-0.4, -0.2) is 43.7 Å². The molecule has 0 radical (unpaired) electrons. The number of ether oxygens (including phenoxy) is 2. The van der Waals surface area contributed by atoms with Gasteiger partial charge in [0.2, 0.25) is 0 Å². The zero-order valence-electron chi connectivity index (χ0n) is 18.8. The first-order valence-electron chi connectivity index (χ1n) is 10.9. The number of halogens is 1. The van der Waals surface area contributed by atoms with Crippen LogP contribution >= 0.6 is 11.6 Å². The number of amides is 3. The Labute approximate surface area is 202 Å². The van der Waals surface area contributed by atoms with Gasteiger partial charge in [-0.2, -0.15) is 5.10 Å². The van der Waals surface area contributed by atoms with E-state index in [4.69, 9.17) is 21.1 Å². The summed E-state index contributed by atoms with van der Waals surface area (Å²) < 4.78 is 10.6. The third-order valence-corrected chi connectivity index (χ3v) is 5.51. The minimum Gasteiger partial charge on any atom is -0.495 e. The summed E-state index contributed by atoms with van der Waals surface area (Å²) in [6, 6.07) is 11.7. The molecular weight excluding hydrogens is 460 g/mol. The molecule has 0 heterocycles. The molecule has 3 N–H and O–H groups in total. The Balaban J connectivity index is 1.41. The van der Waals surface area contributed by atoms with Crippen LogP contribution < -0.4 is 25.5 Å². The van der Waals surface area contributed by atoms with Crippen LogP contribution in [0.15, 0.2) is 47.6 Å². The van der Waals surface area contributed by atoms with Crippen molar-refractivity contribution in [2.75, 3.05) is 19.0 Å². The average Bonchev–Trinajstić information content (AvgIpc) is 2.84. The highest BCUT2D eigenvalue weighted by molar-refractivity contribution is 6.40. The number of nitrogens with zero attached hydrogens (tertiary/aromatic N) is 1. The molecule has 0 unspecified atom stereocenters. The van der Waals surface area contributed by atoms with Gasteiger partial charge in [0, 0.05) is 11.7 Å². The summed E-state index contributed by atoms with van der Waals surface area (Å²) in [4.78, 5) is 36.0. The molecule has 0 aromatic heterocycles. The number of anilines is 1. The van der Waals surface area contributed by atoms with Crippen molar-refractivity contribution in [3.63, 3.8) is 0 Å². The van der Waals surface area contributed by atoms with Crippen molar-refractivity contribution in [3.8, 4) is 11.5 Å². The molecule has 1 fully saturated rings. The van der Waals surface area contributed by atoms with E-state index in [2.05, 4.69) is 21.2 Å². The predicted octanol–water partition coefficient (Wildman–Crippen LogP) is 3.27. The molecule has 0 aliphatic heterocycles. The van der Waals surface area contributed by atoms with Crippen LogP contribution in [0.2, 0.25) is 5.02 Å². The summed E-state index contributed by atoms with van der Waals surface area (Å²) in [5.41, 5.74) is 3.17. The molecule has 3 rings (SSSR count). The van der Waals surface area contributed by atoms with Gasteiger partial charge < -0.3 is 20.1 Å². The van der Waals surface area contributed by atoms with Gasteiger partial charge in [0.05, 0.1) is 18.3 Å². The molecule has 10 heteroatoms. The Morgan fingerprint density at radius 2 is 1.79 bits per heavy atom. The van der Waals surface area contributed by atoms with Crippen LogP contribution in [-0.2, 0) is 14.4 Å². The number of benzene rings is 2. The zero-order valence-corrected chi connectivity index (χ0v) is 19.6. The lowest BCUT2D eigenvalue weighted by Crippen LogP contribution is -2.38. The van der Waals surface area contributed by atoms with Gasteiger partial charge in [0.1, 0.15) is 11.5 Å². The third-order valence-electron chi connectivity index (χ3n) is 5.22. The van der Waals surface area contributed by atoms with Gasteiger partial charge in [-0.05, 0) is 60.9 Å². The molecule has 0 saturated heterocycles. The van der Waals surface area contributed by atoms with E-state index in [0.29, 0.717) is 27.8 Å². The predicted molar refractivity (Wildman–Crippen MR) is 129 cm³/mol. The highest BCUT2D eigenvalue weighted by Crippen LogP contribution is 2.27. The number of nitrogens with one attached hydrogen (secondary N) is 3. The van der Waals surface area contributed by atoms with Crippen LogP contribution in [0.4, 0.5) is 5.69 Å². The summed E-state index contributed by atoms with van der Waals surface area (Å²) >= 11 is 6.00. The second-order valence-corrected chi connectivity index (χ2v) is 8.17. The van der Waals surface area contributed by atoms with Crippen molar-refractivity contribution in [3.05, 3.63) is 53.1 Å². The molecule has 1 aliphatic rings. The van der Waals surface area contributed by atoms with E-state index in [-0.39, 0.29) is 18.6 Å². The van der Waals surface area contributed by atoms with E-state index in [1.807, 2.05) is 0 Å². The number of carbonyl (C=O) groups is 3. The molecule has 3 amide bonds. The zero-order chi connectivity index (χ0) is 24.3. The van der Waals surface area contributed by atoms with Crippen molar-refractivity contribution in [1.82, 2.24) is 10.7 Å². The Hall–Kier alpha value is -3.59. The average molecular weight is 487 g/mol. The van der Waals surface area contributed by atoms with E-state index < -0.39 is 11.8 Å². The fourth-order valence-corrected chi connectivity index (χ4v) is 3.72. The summed E-state index contributed by atoms with van der Waals surface area (Å²) in [5, 5.41) is 9.51. The summed E-state index contributed by atoms with van der Waals surface area (Å²) in [7, 11) is 1.47. The first-order chi connectivity index (χ1) is 16.4. The highest BCUT2D eigenvalue weighted by Gasteiger charge is 2.16. The van der Waals surface area contributed by atoms with Gasteiger partial charge in [0.25, 0.3) is 5.91 Å². The number of carbonyl (C=O) groups excluding carboxylic acids is 3. The molecule has 34 heavy (non-hydrogen) atoms. The quantitative estimate of drug-likeness (QED) is 0.300. The van der Waals surface area contributed by atoms with E-state index in [1.54, 1.807) is 36.4 Å². The first-order valence-corrected chi connectivity index (χ1v) is 11.3. The maximum Gasteiger partial charge on any atom is 0.329 e.